The molecule has 0 bridgehead atoms. The molecule has 0 aromatic rings. The van der Waals surface area contributed by atoms with Crippen molar-refractivity contribution in [1.29, 1.82) is 0 Å². The van der Waals surface area contributed by atoms with Gasteiger partial charge in [-0.1, -0.05) is 72.6 Å². The molecule has 0 spiro atoms. The van der Waals surface area contributed by atoms with Gasteiger partial charge in [-0.05, 0) is 19.3 Å². The van der Waals surface area contributed by atoms with Gasteiger partial charge in [0.15, 0.2) is 0 Å². The van der Waals surface area contributed by atoms with E-state index >= 15 is 0 Å². The molecule has 2 unspecified atom stereocenters. The van der Waals surface area contributed by atoms with Crippen LogP contribution in [-0.2, 0) is 0 Å². The van der Waals surface area contributed by atoms with E-state index in [1.165, 1.54) is 51.4 Å². The Labute approximate surface area is 110 Å². The molecule has 1 nitrogen and oxygen atoms in total. The lowest BCUT2D eigenvalue weighted by atomic mass is 9.95. The maximum Gasteiger partial charge on any atom is 0.00667 e. The van der Waals surface area contributed by atoms with Crippen molar-refractivity contribution in [1.82, 2.24) is 5.32 Å². The predicted molar refractivity (Wildman–Crippen MR) is 79.5 cm³/mol. The Morgan fingerprint density at radius 3 is 1.82 bits per heavy atom. The summed E-state index contributed by atoms with van der Waals surface area (Å²) in [6.45, 7) is 11.5. The van der Waals surface area contributed by atoms with Gasteiger partial charge in [0.2, 0.25) is 0 Å². The van der Waals surface area contributed by atoms with Crippen molar-refractivity contribution in [2.24, 2.45) is 5.92 Å². The van der Waals surface area contributed by atoms with Gasteiger partial charge in [-0.15, -0.1) is 0 Å². The number of nitrogens with one attached hydrogen (secondary N) is 1. The van der Waals surface area contributed by atoms with Crippen LogP contribution in [0.15, 0.2) is 0 Å². The van der Waals surface area contributed by atoms with Crippen LogP contribution in [0.5, 0.6) is 0 Å². The zero-order chi connectivity index (χ0) is 13.1. The van der Waals surface area contributed by atoms with E-state index in [0.29, 0.717) is 12.1 Å². The van der Waals surface area contributed by atoms with Gasteiger partial charge < -0.3 is 5.32 Å². The second-order valence-electron chi connectivity index (χ2n) is 6.00. The van der Waals surface area contributed by atoms with E-state index in [1.54, 1.807) is 0 Å². The summed E-state index contributed by atoms with van der Waals surface area (Å²) < 4.78 is 0. The minimum Gasteiger partial charge on any atom is -0.312 e. The van der Waals surface area contributed by atoms with E-state index < -0.39 is 0 Å². The van der Waals surface area contributed by atoms with Gasteiger partial charge in [0.1, 0.15) is 0 Å². The maximum atomic E-state index is 3.61. The molecule has 17 heavy (non-hydrogen) atoms. The van der Waals surface area contributed by atoms with Crippen molar-refractivity contribution in [3.05, 3.63) is 0 Å². The highest BCUT2D eigenvalue weighted by atomic mass is 14.9. The number of hydrogen-bond donors (Lipinski definition) is 1. The third kappa shape index (κ3) is 10.8. The summed E-state index contributed by atoms with van der Waals surface area (Å²) in [5, 5.41) is 3.61. The molecule has 0 aliphatic carbocycles. The topological polar surface area (TPSA) is 12.0 Å². The molecule has 0 aliphatic heterocycles. The molecule has 1 heteroatoms. The number of hydrogen-bond acceptors (Lipinski definition) is 1. The molecule has 104 valence electrons. The SMILES string of the molecule is CCCCCCCCCC(C)C(C)NC(C)C. The van der Waals surface area contributed by atoms with Crippen LogP contribution in [0, 0.1) is 5.92 Å². The normalized spacial score (nSPS) is 15.2. The molecule has 0 aliphatic rings. The fraction of sp³-hybridized carbons (Fsp3) is 1.00. The predicted octanol–water partition coefficient (Wildman–Crippen LogP) is 5.15. The molecular formula is C16H35N. The van der Waals surface area contributed by atoms with Crippen molar-refractivity contribution in [3.63, 3.8) is 0 Å². The zero-order valence-corrected chi connectivity index (χ0v) is 12.9. The first-order chi connectivity index (χ1) is 8.07. The van der Waals surface area contributed by atoms with Crippen LogP contribution < -0.4 is 5.32 Å². The summed E-state index contributed by atoms with van der Waals surface area (Å²) in [4.78, 5) is 0. The first-order valence-corrected chi connectivity index (χ1v) is 7.84. The average Bonchev–Trinajstić information content (AvgIpc) is 2.26. The fourth-order valence-corrected chi connectivity index (χ4v) is 2.36. The fourth-order valence-electron chi connectivity index (χ4n) is 2.36. The number of rotatable bonds is 11. The van der Waals surface area contributed by atoms with Crippen LogP contribution in [0.4, 0.5) is 0 Å². The molecule has 2 atom stereocenters. The van der Waals surface area contributed by atoms with Gasteiger partial charge in [0.25, 0.3) is 0 Å². The lowest BCUT2D eigenvalue weighted by Crippen LogP contribution is -2.36. The summed E-state index contributed by atoms with van der Waals surface area (Å²) in [5.74, 6) is 0.813. The second-order valence-corrected chi connectivity index (χ2v) is 6.00. The standard InChI is InChI=1S/C16H35N/c1-6-7-8-9-10-11-12-13-15(4)16(5)17-14(2)3/h14-17H,6-13H2,1-5H3. The molecule has 0 aromatic heterocycles. The van der Waals surface area contributed by atoms with E-state index in [2.05, 4.69) is 39.9 Å². The van der Waals surface area contributed by atoms with Crippen LogP contribution >= 0.6 is 0 Å². The lowest BCUT2D eigenvalue weighted by molar-refractivity contribution is 0.345. The van der Waals surface area contributed by atoms with Crippen LogP contribution in [0.1, 0.15) is 86.0 Å². The molecular weight excluding hydrogens is 206 g/mol. The monoisotopic (exact) mass is 241 g/mol. The number of unbranched alkanes of at least 4 members (excludes halogenated alkanes) is 6. The molecule has 0 aromatic carbocycles. The maximum absolute atomic E-state index is 3.61. The average molecular weight is 241 g/mol. The Balaban J connectivity index is 3.35. The van der Waals surface area contributed by atoms with Crippen molar-refractivity contribution < 1.29 is 0 Å². The Morgan fingerprint density at radius 2 is 1.29 bits per heavy atom. The highest BCUT2D eigenvalue weighted by molar-refractivity contribution is 4.70. The zero-order valence-electron chi connectivity index (χ0n) is 12.9. The van der Waals surface area contributed by atoms with Gasteiger partial charge in [-0.25, -0.2) is 0 Å². The van der Waals surface area contributed by atoms with Crippen LogP contribution in [-0.4, -0.2) is 12.1 Å². The van der Waals surface area contributed by atoms with Gasteiger partial charge in [-0.3, -0.25) is 0 Å². The molecule has 0 saturated carbocycles. The minimum absolute atomic E-state index is 0.612. The Morgan fingerprint density at radius 1 is 0.765 bits per heavy atom. The van der Waals surface area contributed by atoms with Crippen molar-refractivity contribution in [2.75, 3.05) is 0 Å². The van der Waals surface area contributed by atoms with E-state index in [1.807, 2.05) is 0 Å². The summed E-state index contributed by atoms with van der Waals surface area (Å²) in [5.41, 5.74) is 0. The molecule has 0 fully saturated rings. The second kappa shape index (κ2) is 11.1. The van der Waals surface area contributed by atoms with Gasteiger partial charge in [0.05, 0.1) is 0 Å². The van der Waals surface area contributed by atoms with E-state index in [9.17, 15) is 0 Å². The first-order valence-electron chi connectivity index (χ1n) is 7.84. The largest absolute Gasteiger partial charge is 0.312 e. The van der Waals surface area contributed by atoms with Crippen LogP contribution in [0.2, 0.25) is 0 Å². The molecule has 0 rings (SSSR count). The van der Waals surface area contributed by atoms with Gasteiger partial charge in [-0.2, -0.15) is 0 Å². The van der Waals surface area contributed by atoms with Crippen molar-refractivity contribution in [3.8, 4) is 0 Å². The van der Waals surface area contributed by atoms with Crippen LogP contribution in [0.3, 0.4) is 0 Å². The first kappa shape index (κ1) is 17.0. The molecule has 0 saturated heterocycles. The molecule has 1 N–H and O–H groups in total. The molecule has 0 amide bonds. The van der Waals surface area contributed by atoms with Crippen molar-refractivity contribution >= 4 is 0 Å². The Kier molecular flexibility index (Phi) is 11.0. The van der Waals surface area contributed by atoms with Crippen LogP contribution in [0.25, 0.3) is 0 Å². The molecule has 0 radical (unpaired) electrons. The quantitative estimate of drug-likeness (QED) is 0.493. The summed E-state index contributed by atoms with van der Waals surface area (Å²) in [6.07, 6.45) is 11.3. The summed E-state index contributed by atoms with van der Waals surface area (Å²) >= 11 is 0. The third-order valence-corrected chi connectivity index (χ3v) is 3.71. The van der Waals surface area contributed by atoms with E-state index in [0.717, 1.165) is 5.92 Å². The Bertz CT molecular complexity index is 154. The lowest BCUT2D eigenvalue weighted by Gasteiger charge is -2.23. The highest BCUT2D eigenvalue weighted by Crippen LogP contribution is 2.15. The molecule has 0 heterocycles. The summed E-state index contributed by atoms with van der Waals surface area (Å²) in [6, 6.07) is 1.27. The summed E-state index contributed by atoms with van der Waals surface area (Å²) in [7, 11) is 0. The highest BCUT2D eigenvalue weighted by Gasteiger charge is 2.11. The van der Waals surface area contributed by atoms with E-state index in [4.69, 9.17) is 0 Å². The Hall–Kier alpha value is -0.0400. The van der Waals surface area contributed by atoms with E-state index in [-0.39, 0.29) is 0 Å². The third-order valence-electron chi connectivity index (χ3n) is 3.71. The smallest absolute Gasteiger partial charge is 0.00667 e. The van der Waals surface area contributed by atoms with Crippen molar-refractivity contribution in [2.45, 2.75) is 98.1 Å². The van der Waals surface area contributed by atoms with Gasteiger partial charge >= 0.3 is 0 Å². The van der Waals surface area contributed by atoms with Gasteiger partial charge in [0, 0.05) is 12.1 Å². The minimum atomic E-state index is 0.612.